The molecule has 3 heterocycles. The fraction of sp³-hybridized carbons (Fsp3) is 0.700. The van der Waals surface area contributed by atoms with Crippen molar-refractivity contribution in [3.8, 4) is 0 Å². The molecule has 7 aliphatic rings. The second-order valence-electron chi connectivity index (χ2n) is 12.2. The standard InChI is InChI=1S/C30H42N6O3/c1-19-32-24-4-2-3-23(27(24)29(39)36(19)25-5-6-26(37)33-28(25)38)31-7-8-34-9-11-35(12-10-34)30-16-20-13-21(17-30)15-22(14-20)18-30/h2-4,19-22,25,31-32H,5-18H2,1H3,(H,33,37,38)/i9D2,10D2,11D2,12D2. The highest BCUT2D eigenvalue weighted by molar-refractivity contribution is 6.09. The van der Waals surface area contributed by atoms with E-state index in [9.17, 15) is 14.4 Å². The van der Waals surface area contributed by atoms with Crippen molar-refractivity contribution < 1.29 is 25.3 Å². The Kier molecular flexibility index (Phi) is 4.49. The molecule has 4 bridgehead atoms. The van der Waals surface area contributed by atoms with E-state index < -0.39 is 68.0 Å². The van der Waals surface area contributed by atoms with E-state index in [0.717, 1.165) is 24.2 Å². The minimum Gasteiger partial charge on any atom is -0.383 e. The Bertz CT molecular complexity index is 1440. The van der Waals surface area contributed by atoms with Crippen molar-refractivity contribution in [2.45, 2.75) is 76.0 Å². The molecule has 6 fully saturated rings. The van der Waals surface area contributed by atoms with Gasteiger partial charge in [-0.25, -0.2) is 0 Å². The van der Waals surface area contributed by atoms with Gasteiger partial charge in [-0.1, -0.05) is 6.07 Å². The Balaban J connectivity index is 1.14. The van der Waals surface area contributed by atoms with Gasteiger partial charge in [0.05, 0.1) is 17.4 Å². The van der Waals surface area contributed by atoms with Crippen LogP contribution in [-0.4, -0.2) is 89.2 Å². The molecule has 9 heteroatoms. The molecule has 39 heavy (non-hydrogen) atoms. The van der Waals surface area contributed by atoms with Crippen LogP contribution in [0.5, 0.6) is 0 Å². The van der Waals surface area contributed by atoms with Crippen LogP contribution in [0.4, 0.5) is 11.4 Å². The molecular formula is C30H42N6O3. The van der Waals surface area contributed by atoms with Gasteiger partial charge in [0.15, 0.2) is 0 Å². The van der Waals surface area contributed by atoms with Crippen molar-refractivity contribution in [2.75, 3.05) is 49.7 Å². The van der Waals surface area contributed by atoms with Crippen molar-refractivity contribution in [1.82, 2.24) is 20.0 Å². The summed E-state index contributed by atoms with van der Waals surface area (Å²) in [6.45, 7) is -10.3. The van der Waals surface area contributed by atoms with Crippen LogP contribution in [0.25, 0.3) is 0 Å². The number of piperidine rings is 1. The molecular weight excluding hydrogens is 492 g/mol. The minimum atomic E-state index is -2.90. The number of fused-ring (bicyclic) bond motifs is 1. The third-order valence-electron chi connectivity index (χ3n) is 9.57. The summed E-state index contributed by atoms with van der Waals surface area (Å²) in [6, 6.07) is 4.18. The predicted octanol–water partition coefficient (Wildman–Crippen LogP) is 2.70. The number of nitrogens with one attached hydrogen (secondary N) is 3. The zero-order valence-electron chi connectivity index (χ0n) is 30.3. The summed E-state index contributed by atoms with van der Waals surface area (Å²) in [5, 5.41) is 8.59. The molecule has 0 aromatic heterocycles. The van der Waals surface area contributed by atoms with Gasteiger partial charge in [0.25, 0.3) is 5.91 Å². The summed E-state index contributed by atoms with van der Waals surface area (Å²) in [5.74, 6) is -0.463. The largest absolute Gasteiger partial charge is 0.383 e. The minimum absolute atomic E-state index is 0.0980. The molecule has 3 amide bonds. The second kappa shape index (κ2) is 9.77. The van der Waals surface area contributed by atoms with E-state index in [-0.39, 0.29) is 24.9 Å². The maximum Gasteiger partial charge on any atom is 0.260 e. The number of hydrogen-bond acceptors (Lipinski definition) is 7. The first-order chi connectivity index (χ1) is 21.9. The smallest absolute Gasteiger partial charge is 0.260 e. The first kappa shape index (κ1) is 17.9. The Labute approximate surface area is 242 Å². The Morgan fingerprint density at radius 2 is 1.72 bits per heavy atom. The fourth-order valence-electron chi connectivity index (χ4n) is 8.28. The number of hydrogen-bond donors (Lipinski definition) is 3. The van der Waals surface area contributed by atoms with Crippen molar-refractivity contribution in [1.29, 1.82) is 0 Å². The summed E-state index contributed by atoms with van der Waals surface area (Å²) in [5.41, 5.74) is 0.107. The number of carbonyl (C=O) groups excluding carboxylic acids is 3. The lowest BCUT2D eigenvalue weighted by molar-refractivity contribution is -0.137. The van der Waals surface area contributed by atoms with Gasteiger partial charge in [-0.05, 0) is 81.8 Å². The van der Waals surface area contributed by atoms with Gasteiger partial charge in [-0.15, -0.1) is 0 Å². The third-order valence-corrected chi connectivity index (χ3v) is 9.57. The highest BCUT2D eigenvalue weighted by Crippen LogP contribution is 2.57. The van der Waals surface area contributed by atoms with Crippen molar-refractivity contribution >= 4 is 29.1 Å². The van der Waals surface area contributed by atoms with Crippen LogP contribution >= 0.6 is 0 Å². The summed E-state index contributed by atoms with van der Waals surface area (Å²) < 4.78 is 72.7. The van der Waals surface area contributed by atoms with Crippen LogP contribution in [0.3, 0.4) is 0 Å². The van der Waals surface area contributed by atoms with Gasteiger partial charge in [0.1, 0.15) is 6.04 Å². The molecule has 1 aromatic rings. The molecule has 9 nitrogen and oxygen atoms in total. The summed E-state index contributed by atoms with van der Waals surface area (Å²) in [6.07, 6.45) is 4.40. The van der Waals surface area contributed by atoms with Gasteiger partial charge < -0.3 is 15.5 Å². The van der Waals surface area contributed by atoms with Crippen LogP contribution < -0.4 is 16.0 Å². The van der Waals surface area contributed by atoms with Crippen molar-refractivity contribution in [3.63, 3.8) is 0 Å². The molecule has 2 saturated heterocycles. The van der Waals surface area contributed by atoms with Gasteiger partial charge in [-0.3, -0.25) is 29.5 Å². The molecule has 210 valence electrons. The SMILES string of the molecule is [2H]C1([2H])N(CCNc2cccc3c2C(=O)N(C2CCC(=O)NC2=O)C(C)N3)C([2H])([2H])C([2H])([2H])N(C23CC4CC(CC(C4)C2)C3)C1([2H])[2H]. The zero-order valence-corrected chi connectivity index (χ0v) is 22.3. The number of amides is 3. The van der Waals surface area contributed by atoms with Crippen LogP contribution in [-0.2, 0) is 9.59 Å². The van der Waals surface area contributed by atoms with E-state index in [0.29, 0.717) is 53.3 Å². The van der Waals surface area contributed by atoms with Crippen LogP contribution in [0.2, 0.25) is 0 Å². The normalized spacial score (nSPS) is 44.7. The van der Waals surface area contributed by atoms with Crippen molar-refractivity contribution in [2.24, 2.45) is 17.8 Å². The van der Waals surface area contributed by atoms with E-state index in [1.807, 2.05) is 0 Å². The molecule has 3 N–H and O–H groups in total. The maximum atomic E-state index is 13.9. The number of rotatable bonds is 6. The Hall–Kier alpha value is -2.65. The van der Waals surface area contributed by atoms with E-state index in [1.165, 1.54) is 4.90 Å². The first-order valence-corrected chi connectivity index (χ1v) is 14.3. The summed E-state index contributed by atoms with van der Waals surface area (Å²) in [7, 11) is 0. The molecule has 0 radical (unpaired) electrons. The first-order valence-electron chi connectivity index (χ1n) is 18.3. The highest BCUT2D eigenvalue weighted by atomic mass is 16.2. The van der Waals surface area contributed by atoms with Crippen LogP contribution in [0, 0.1) is 17.8 Å². The molecule has 2 unspecified atom stereocenters. The Morgan fingerprint density at radius 1 is 1.03 bits per heavy atom. The lowest BCUT2D eigenvalue weighted by Gasteiger charge is -2.61. The summed E-state index contributed by atoms with van der Waals surface area (Å²) in [4.78, 5) is 41.2. The fourth-order valence-corrected chi connectivity index (χ4v) is 8.28. The van der Waals surface area contributed by atoms with Gasteiger partial charge in [-0.2, -0.15) is 0 Å². The van der Waals surface area contributed by atoms with Crippen molar-refractivity contribution in [3.05, 3.63) is 23.8 Å². The quantitative estimate of drug-likeness (QED) is 0.476. The average Bonchev–Trinajstić information content (AvgIpc) is 2.94. The molecule has 8 rings (SSSR count). The number of nitrogens with zero attached hydrogens (tertiary/aromatic N) is 3. The Morgan fingerprint density at radius 3 is 2.38 bits per heavy atom. The van der Waals surface area contributed by atoms with E-state index >= 15 is 0 Å². The molecule has 4 aliphatic carbocycles. The number of imide groups is 1. The van der Waals surface area contributed by atoms with E-state index in [1.54, 1.807) is 25.1 Å². The molecule has 1 aromatic carbocycles. The number of anilines is 2. The van der Waals surface area contributed by atoms with Crippen LogP contribution in [0.1, 0.15) is 79.6 Å². The van der Waals surface area contributed by atoms with E-state index in [2.05, 4.69) is 16.0 Å². The number of benzene rings is 1. The van der Waals surface area contributed by atoms with Gasteiger partial charge in [0.2, 0.25) is 11.8 Å². The molecule has 0 spiro atoms. The van der Waals surface area contributed by atoms with Gasteiger partial charge in [0, 0.05) is 67.7 Å². The molecule has 2 atom stereocenters. The summed E-state index contributed by atoms with van der Waals surface area (Å²) >= 11 is 0. The third kappa shape index (κ3) is 4.51. The molecule has 3 aliphatic heterocycles. The number of piperazine rings is 1. The zero-order chi connectivity index (χ0) is 33.9. The second-order valence-corrected chi connectivity index (χ2v) is 12.2. The lowest BCUT2D eigenvalue weighted by Crippen LogP contribution is -2.64. The number of carbonyl (C=O) groups is 3. The highest BCUT2D eigenvalue weighted by Gasteiger charge is 2.53. The average molecular weight is 543 g/mol. The molecule has 4 saturated carbocycles. The van der Waals surface area contributed by atoms with Gasteiger partial charge >= 0.3 is 0 Å². The predicted molar refractivity (Wildman–Crippen MR) is 149 cm³/mol. The maximum absolute atomic E-state index is 13.9. The monoisotopic (exact) mass is 542 g/mol. The topological polar surface area (TPSA) is 97.0 Å². The lowest BCUT2D eigenvalue weighted by atomic mass is 9.52. The van der Waals surface area contributed by atoms with Crippen LogP contribution in [0.15, 0.2) is 18.2 Å². The van der Waals surface area contributed by atoms with E-state index in [4.69, 9.17) is 11.0 Å².